The molecule has 25 heavy (non-hydrogen) atoms. The number of nitrogens with one attached hydrogen (secondary N) is 1. The van der Waals surface area contributed by atoms with Gasteiger partial charge in [-0.2, -0.15) is 0 Å². The van der Waals surface area contributed by atoms with Gasteiger partial charge in [0.1, 0.15) is 17.2 Å². The first-order valence-corrected chi connectivity index (χ1v) is 8.94. The van der Waals surface area contributed by atoms with Gasteiger partial charge in [-0.1, -0.05) is 43.0 Å². The van der Waals surface area contributed by atoms with Crippen molar-refractivity contribution in [3.05, 3.63) is 53.7 Å². The van der Waals surface area contributed by atoms with Crippen molar-refractivity contribution in [3.8, 4) is 11.3 Å². The van der Waals surface area contributed by atoms with Crippen LogP contribution in [-0.4, -0.2) is 15.3 Å². The third-order valence-electron chi connectivity index (χ3n) is 4.29. The average molecular weight is 335 g/mol. The van der Waals surface area contributed by atoms with Crippen LogP contribution in [0, 0.1) is 13.8 Å². The predicted octanol–water partition coefficient (Wildman–Crippen LogP) is 5.14. The minimum atomic E-state index is 0.0460. The van der Waals surface area contributed by atoms with Crippen LogP contribution in [-0.2, 0) is 4.79 Å². The van der Waals surface area contributed by atoms with Crippen LogP contribution in [0.2, 0.25) is 0 Å². The SMILES string of the molecule is CCCCCC(=O)Nc1c(-c2cc(C)cc(C)c2)nc2ccccn12. The number of carbonyl (C=O) groups excluding carboxylic acids is 1. The molecule has 0 aliphatic rings. The summed E-state index contributed by atoms with van der Waals surface area (Å²) in [5.74, 6) is 0.798. The molecule has 0 aliphatic carbocycles. The zero-order valence-electron chi connectivity index (χ0n) is 15.2. The number of rotatable bonds is 6. The van der Waals surface area contributed by atoms with Crippen molar-refractivity contribution in [2.75, 3.05) is 5.32 Å². The molecule has 0 unspecified atom stereocenters. The Morgan fingerprint density at radius 2 is 1.88 bits per heavy atom. The minimum absolute atomic E-state index is 0.0460. The van der Waals surface area contributed by atoms with E-state index in [9.17, 15) is 4.79 Å². The molecule has 3 aromatic rings. The fraction of sp³-hybridized carbons (Fsp3) is 0.333. The highest BCUT2D eigenvalue weighted by atomic mass is 16.1. The third kappa shape index (κ3) is 3.90. The van der Waals surface area contributed by atoms with Gasteiger partial charge in [-0.15, -0.1) is 0 Å². The second-order valence-corrected chi connectivity index (χ2v) is 6.62. The van der Waals surface area contributed by atoms with Crippen LogP contribution < -0.4 is 5.32 Å². The van der Waals surface area contributed by atoms with Crippen molar-refractivity contribution in [2.45, 2.75) is 46.5 Å². The second-order valence-electron chi connectivity index (χ2n) is 6.62. The second kappa shape index (κ2) is 7.51. The van der Waals surface area contributed by atoms with Crippen LogP contribution >= 0.6 is 0 Å². The Hall–Kier alpha value is -2.62. The maximum absolute atomic E-state index is 12.4. The third-order valence-corrected chi connectivity index (χ3v) is 4.29. The summed E-state index contributed by atoms with van der Waals surface area (Å²) in [6.45, 7) is 6.30. The zero-order chi connectivity index (χ0) is 17.8. The van der Waals surface area contributed by atoms with Crippen LogP contribution in [0.15, 0.2) is 42.6 Å². The van der Waals surface area contributed by atoms with Gasteiger partial charge in [0.15, 0.2) is 0 Å². The molecule has 0 aliphatic heterocycles. The largest absolute Gasteiger partial charge is 0.310 e. The predicted molar refractivity (Wildman–Crippen MR) is 103 cm³/mol. The van der Waals surface area contributed by atoms with E-state index in [1.54, 1.807) is 0 Å². The van der Waals surface area contributed by atoms with Gasteiger partial charge in [-0.05, 0) is 44.5 Å². The fourth-order valence-electron chi connectivity index (χ4n) is 3.16. The topological polar surface area (TPSA) is 46.4 Å². The summed E-state index contributed by atoms with van der Waals surface area (Å²) < 4.78 is 1.95. The van der Waals surface area contributed by atoms with E-state index in [4.69, 9.17) is 4.98 Å². The van der Waals surface area contributed by atoms with Gasteiger partial charge < -0.3 is 5.32 Å². The van der Waals surface area contributed by atoms with E-state index < -0.39 is 0 Å². The van der Waals surface area contributed by atoms with Crippen LogP contribution in [0.5, 0.6) is 0 Å². The monoisotopic (exact) mass is 335 g/mol. The van der Waals surface area contributed by atoms with E-state index >= 15 is 0 Å². The standard InChI is InChI=1S/C21H25N3O/c1-4-5-6-10-19(25)23-21-20(17-13-15(2)12-16(3)14-17)22-18-9-7-8-11-24(18)21/h7-9,11-14H,4-6,10H2,1-3H3,(H,23,25). The number of hydrogen-bond acceptors (Lipinski definition) is 2. The Bertz CT molecular complexity index is 875. The summed E-state index contributed by atoms with van der Waals surface area (Å²) in [5, 5.41) is 3.09. The van der Waals surface area contributed by atoms with E-state index in [1.807, 2.05) is 28.8 Å². The molecule has 3 rings (SSSR count). The Labute approximate surface area is 148 Å². The number of nitrogens with zero attached hydrogens (tertiary/aromatic N) is 2. The Morgan fingerprint density at radius 3 is 2.60 bits per heavy atom. The Kier molecular flexibility index (Phi) is 5.17. The zero-order valence-corrected chi connectivity index (χ0v) is 15.2. The van der Waals surface area contributed by atoms with Crippen molar-refractivity contribution < 1.29 is 4.79 Å². The molecule has 4 heteroatoms. The van der Waals surface area contributed by atoms with Crippen LogP contribution in [0.3, 0.4) is 0 Å². The first-order valence-electron chi connectivity index (χ1n) is 8.94. The van der Waals surface area contributed by atoms with E-state index in [-0.39, 0.29) is 5.91 Å². The summed E-state index contributed by atoms with van der Waals surface area (Å²) in [7, 11) is 0. The van der Waals surface area contributed by atoms with E-state index in [1.165, 1.54) is 11.1 Å². The van der Waals surface area contributed by atoms with E-state index in [0.29, 0.717) is 6.42 Å². The number of unbranched alkanes of at least 4 members (excludes halogenated alkanes) is 2. The van der Waals surface area contributed by atoms with Gasteiger partial charge in [0, 0.05) is 18.2 Å². The lowest BCUT2D eigenvalue weighted by Crippen LogP contribution is -2.13. The number of fused-ring (bicyclic) bond motifs is 1. The van der Waals surface area contributed by atoms with Gasteiger partial charge >= 0.3 is 0 Å². The summed E-state index contributed by atoms with van der Waals surface area (Å²) in [6, 6.07) is 12.2. The van der Waals surface area contributed by atoms with Crippen molar-refractivity contribution in [2.24, 2.45) is 0 Å². The Balaban J connectivity index is 2.01. The molecule has 130 valence electrons. The van der Waals surface area contributed by atoms with Crippen molar-refractivity contribution in [1.82, 2.24) is 9.38 Å². The van der Waals surface area contributed by atoms with Crippen molar-refractivity contribution in [3.63, 3.8) is 0 Å². The molecule has 2 aromatic heterocycles. The fourth-order valence-corrected chi connectivity index (χ4v) is 3.16. The summed E-state index contributed by atoms with van der Waals surface area (Å²) in [4.78, 5) is 17.2. The van der Waals surface area contributed by atoms with Gasteiger partial charge in [0.05, 0.1) is 0 Å². The number of aryl methyl sites for hydroxylation is 2. The molecule has 0 saturated heterocycles. The molecule has 0 radical (unpaired) electrons. The van der Waals surface area contributed by atoms with Crippen LogP contribution in [0.25, 0.3) is 16.9 Å². The highest BCUT2D eigenvalue weighted by Crippen LogP contribution is 2.30. The number of anilines is 1. The van der Waals surface area contributed by atoms with Gasteiger partial charge in [0.25, 0.3) is 0 Å². The van der Waals surface area contributed by atoms with Crippen LogP contribution in [0.1, 0.15) is 43.7 Å². The lowest BCUT2D eigenvalue weighted by molar-refractivity contribution is -0.116. The minimum Gasteiger partial charge on any atom is -0.310 e. The molecular weight excluding hydrogens is 310 g/mol. The lowest BCUT2D eigenvalue weighted by atomic mass is 10.0. The Morgan fingerprint density at radius 1 is 1.12 bits per heavy atom. The molecule has 1 aromatic carbocycles. The molecule has 0 bridgehead atoms. The molecular formula is C21H25N3O. The smallest absolute Gasteiger partial charge is 0.225 e. The number of pyridine rings is 1. The van der Waals surface area contributed by atoms with E-state index in [0.717, 1.165) is 42.0 Å². The molecule has 1 amide bonds. The summed E-state index contributed by atoms with van der Waals surface area (Å²) in [5.41, 5.74) is 5.06. The maximum atomic E-state index is 12.4. The lowest BCUT2D eigenvalue weighted by Gasteiger charge is -2.09. The highest BCUT2D eigenvalue weighted by molar-refractivity contribution is 5.94. The van der Waals surface area contributed by atoms with Crippen LogP contribution in [0.4, 0.5) is 5.82 Å². The van der Waals surface area contributed by atoms with Gasteiger partial charge in [-0.25, -0.2) is 4.98 Å². The molecule has 0 spiro atoms. The molecule has 4 nitrogen and oxygen atoms in total. The van der Waals surface area contributed by atoms with Crippen molar-refractivity contribution >= 4 is 17.4 Å². The summed E-state index contributed by atoms with van der Waals surface area (Å²) in [6.07, 6.45) is 5.58. The van der Waals surface area contributed by atoms with Gasteiger partial charge in [-0.3, -0.25) is 9.20 Å². The number of carbonyl (C=O) groups is 1. The quantitative estimate of drug-likeness (QED) is 0.634. The number of hydrogen-bond donors (Lipinski definition) is 1. The number of aromatic nitrogens is 2. The first kappa shape index (κ1) is 17.2. The first-order chi connectivity index (χ1) is 12.1. The molecule has 0 atom stereocenters. The number of benzene rings is 1. The maximum Gasteiger partial charge on any atom is 0.225 e. The highest BCUT2D eigenvalue weighted by Gasteiger charge is 2.16. The molecule has 1 N–H and O–H groups in total. The van der Waals surface area contributed by atoms with Gasteiger partial charge in [0.2, 0.25) is 5.91 Å². The number of amides is 1. The molecule has 0 saturated carbocycles. The summed E-state index contributed by atoms with van der Waals surface area (Å²) >= 11 is 0. The number of imidazole rings is 1. The average Bonchev–Trinajstić information content (AvgIpc) is 2.93. The molecule has 0 fully saturated rings. The normalized spacial score (nSPS) is 11.0. The van der Waals surface area contributed by atoms with E-state index in [2.05, 4.69) is 44.3 Å². The van der Waals surface area contributed by atoms with Crippen molar-refractivity contribution in [1.29, 1.82) is 0 Å². The molecule has 2 heterocycles.